The molecule has 0 aromatic carbocycles. The Morgan fingerprint density at radius 2 is 2.32 bits per heavy atom. The molecule has 19 heavy (non-hydrogen) atoms. The normalized spacial score (nSPS) is 10.4. The van der Waals surface area contributed by atoms with Gasteiger partial charge in [0.2, 0.25) is 5.91 Å². The fourth-order valence-corrected chi connectivity index (χ4v) is 2.74. The Balaban J connectivity index is 1.87. The summed E-state index contributed by atoms with van der Waals surface area (Å²) in [5.74, 6) is -1.43. The standard InChI is InChI=1S/C10H9BrN4O3S/c11-6-1-2-19-8(6)3-12-9(16)5-15-4-7(10(17)18)13-14-15/h1-2,4H,3,5H2,(H,12,16)(H,17,18). The lowest BCUT2D eigenvalue weighted by Gasteiger charge is -2.03. The summed E-state index contributed by atoms with van der Waals surface area (Å²) in [6.45, 7) is 0.348. The Morgan fingerprint density at radius 1 is 1.53 bits per heavy atom. The van der Waals surface area contributed by atoms with Crippen LogP contribution in [0.5, 0.6) is 0 Å². The summed E-state index contributed by atoms with van der Waals surface area (Å²) in [4.78, 5) is 23.3. The highest BCUT2D eigenvalue weighted by Gasteiger charge is 2.11. The number of aromatic carboxylic acids is 1. The first-order valence-corrected chi connectivity index (χ1v) is 6.85. The molecule has 0 aliphatic rings. The second-order valence-corrected chi connectivity index (χ2v) is 5.43. The van der Waals surface area contributed by atoms with Gasteiger partial charge in [-0.3, -0.25) is 4.79 Å². The molecule has 0 spiro atoms. The van der Waals surface area contributed by atoms with E-state index in [4.69, 9.17) is 5.11 Å². The van der Waals surface area contributed by atoms with Crippen LogP contribution in [-0.2, 0) is 17.9 Å². The van der Waals surface area contributed by atoms with Crippen LogP contribution in [0.25, 0.3) is 0 Å². The Morgan fingerprint density at radius 3 is 2.89 bits per heavy atom. The molecule has 0 bridgehead atoms. The van der Waals surface area contributed by atoms with Crippen LogP contribution in [0.3, 0.4) is 0 Å². The number of nitrogens with one attached hydrogen (secondary N) is 1. The third kappa shape index (κ3) is 3.61. The molecule has 0 atom stereocenters. The molecular weight excluding hydrogens is 336 g/mol. The van der Waals surface area contributed by atoms with E-state index in [1.807, 2.05) is 11.4 Å². The number of carboxylic acid groups (broad SMARTS) is 1. The highest BCUT2D eigenvalue weighted by atomic mass is 79.9. The van der Waals surface area contributed by atoms with E-state index in [-0.39, 0.29) is 18.1 Å². The molecule has 0 saturated heterocycles. The molecular formula is C10H9BrN4O3S. The van der Waals surface area contributed by atoms with E-state index < -0.39 is 5.97 Å². The maximum absolute atomic E-state index is 11.6. The van der Waals surface area contributed by atoms with Crippen LogP contribution in [0.15, 0.2) is 22.1 Å². The van der Waals surface area contributed by atoms with Crippen molar-refractivity contribution in [1.29, 1.82) is 0 Å². The van der Waals surface area contributed by atoms with Crippen LogP contribution < -0.4 is 5.32 Å². The van der Waals surface area contributed by atoms with Crippen molar-refractivity contribution in [2.45, 2.75) is 13.1 Å². The number of thiophene rings is 1. The molecule has 0 aliphatic heterocycles. The first kappa shape index (κ1) is 13.7. The Bertz CT molecular complexity index is 609. The predicted octanol–water partition coefficient (Wildman–Crippen LogP) is 1.12. The van der Waals surface area contributed by atoms with Gasteiger partial charge in [0, 0.05) is 9.35 Å². The number of rotatable bonds is 5. The number of carboxylic acids is 1. The molecule has 2 aromatic heterocycles. The van der Waals surface area contributed by atoms with Gasteiger partial charge < -0.3 is 10.4 Å². The SMILES string of the molecule is O=C(Cn1cc(C(=O)O)nn1)NCc1sccc1Br. The number of halogens is 1. The fourth-order valence-electron chi connectivity index (χ4n) is 1.31. The van der Waals surface area contributed by atoms with E-state index >= 15 is 0 Å². The van der Waals surface area contributed by atoms with E-state index in [0.29, 0.717) is 6.54 Å². The average molecular weight is 345 g/mol. The van der Waals surface area contributed by atoms with Gasteiger partial charge >= 0.3 is 5.97 Å². The second kappa shape index (κ2) is 5.93. The molecule has 2 aromatic rings. The maximum Gasteiger partial charge on any atom is 0.358 e. The second-order valence-electron chi connectivity index (χ2n) is 3.57. The maximum atomic E-state index is 11.6. The van der Waals surface area contributed by atoms with Gasteiger partial charge in [-0.1, -0.05) is 5.21 Å². The lowest BCUT2D eigenvalue weighted by Crippen LogP contribution is -2.27. The van der Waals surface area contributed by atoms with E-state index in [1.54, 1.807) is 0 Å². The van der Waals surface area contributed by atoms with Gasteiger partial charge in [0.05, 0.1) is 12.7 Å². The van der Waals surface area contributed by atoms with Crippen LogP contribution in [0.2, 0.25) is 0 Å². The molecule has 7 nitrogen and oxygen atoms in total. The number of amides is 1. The quantitative estimate of drug-likeness (QED) is 0.846. The van der Waals surface area contributed by atoms with Gasteiger partial charge in [0.25, 0.3) is 0 Å². The van der Waals surface area contributed by atoms with Gasteiger partial charge in [0.15, 0.2) is 5.69 Å². The minimum Gasteiger partial charge on any atom is -0.476 e. The Kier molecular flexibility index (Phi) is 4.27. The van der Waals surface area contributed by atoms with E-state index in [2.05, 4.69) is 31.6 Å². The third-order valence-electron chi connectivity index (χ3n) is 2.20. The molecule has 9 heteroatoms. The minimum absolute atomic E-state index is 0.0662. The molecule has 2 rings (SSSR count). The molecule has 0 fully saturated rings. The van der Waals surface area contributed by atoms with Crippen LogP contribution in [0.4, 0.5) is 0 Å². The summed E-state index contributed by atoms with van der Waals surface area (Å²) < 4.78 is 2.13. The lowest BCUT2D eigenvalue weighted by molar-refractivity contribution is -0.122. The summed E-state index contributed by atoms with van der Waals surface area (Å²) in [5.41, 5.74) is -0.186. The summed E-state index contributed by atoms with van der Waals surface area (Å²) in [7, 11) is 0. The summed E-state index contributed by atoms with van der Waals surface area (Å²) >= 11 is 4.90. The highest BCUT2D eigenvalue weighted by Crippen LogP contribution is 2.21. The molecule has 2 N–H and O–H groups in total. The molecule has 2 heterocycles. The average Bonchev–Trinajstić information content (AvgIpc) is 2.96. The van der Waals surface area contributed by atoms with Crippen molar-refractivity contribution in [3.8, 4) is 0 Å². The largest absolute Gasteiger partial charge is 0.476 e. The van der Waals surface area contributed by atoms with Crippen molar-refractivity contribution >= 4 is 39.1 Å². The van der Waals surface area contributed by atoms with E-state index in [1.165, 1.54) is 22.2 Å². The molecule has 0 saturated carbocycles. The molecule has 1 amide bonds. The molecule has 100 valence electrons. The molecule has 0 unspecified atom stereocenters. The molecule has 0 radical (unpaired) electrons. The number of hydrogen-bond acceptors (Lipinski definition) is 5. The summed E-state index contributed by atoms with van der Waals surface area (Å²) in [6.07, 6.45) is 1.21. The van der Waals surface area contributed by atoms with Crippen molar-refractivity contribution < 1.29 is 14.7 Å². The Labute approximate surface area is 120 Å². The highest BCUT2D eigenvalue weighted by molar-refractivity contribution is 9.10. The van der Waals surface area contributed by atoms with Crippen molar-refractivity contribution in [3.05, 3.63) is 32.7 Å². The van der Waals surface area contributed by atoms with Crippen molar-refractivity contribution in [1.82, 2.24) is 20.3 Å². The number of carbonyl (C=O) groups is 2. The zero-order valence-electron chi connectivity index (χ0n) is 9.54. The zero-order chi connectivity index (χ0) is 13.8. The number of nitrogens with zero attached hydrogens (tertiary/aromatic N) is 3. The van der Waals surface area contributed by atoms with Crippen LogP contribution in [-0.4, -0.2) is 32.0 Å². The van der Waals surface area contributed by atoms with Crippen molar-refractivity contribution in [2.24, 2.45) is 0 Å². The van der Waals surface area contributed by atoms with Gasteiger partial charge in [-0.25, -0.2) is 9.48 Å². The monoisotopic (exact) mass is 344 g/mol. The first-order valence-electron chi connectivity index (χ1n) is 5.18. The minimum atomic E-state index is -1.17. The summed E-state index contributed by atoms with van der Waals surface area (Å²) in [6, 6.07) is 1.91. The van der Waals surface area contributed by atoms with Crippen LogP contribution in [0.1, 0.15) is 15.4 Å². The molecule has 0 aliphatic carbocycles. The van der Waals surface area contributed by atoms with Gasteiger partial charge in [-0.2, -0.15) is 0 Å². The lowest BCUT2D eigenvalue weighted by atomic mass is 10.4. The fraction of sp³-hybridized carbons (Fsp3) is 0.200. The third-order valence-corrected chi connectivity index (χ3v) is 4.13. The Hall–Kier alpha value is -1.74. The first-order chi connectivity index (χ1) is 9.06. The summed E-state index contributed by atoms with van der Waals surface area (Å²) in [5, 5.41) is 20.3. The number of hydrogen-bond donors (Lipinski definition) is 2. The number of carbonyl (C=O) groups excluding carboxylic acids is 1. The zero-order valence-corrected chi connectivity index (χ0v) is 11.9. The van der Waals surface area contributed by atoms with Gasteiger partial charge in [-0.05, 0) is 27.4 Å². The topological polar surface area (TPSA) is 97.1 Å². The van der Waals surface area contributed by atoms with Gasteiger partial charge in [-0.15, -0.1) is 16.4 Å². The van der Waals surface area contributed by atoms with E-state index in [9.17, 15) is 9.59 Å². The van der Waals surface area contributed by atoms with Gasteiger partial charge in [0.1, 0.15) is 6.54 Å². The smallest absolute Gasteiger partial charge is 0.358 e. The number of aromatic nitrogens is 3. The predicted molar refractivity (Wildman–Crippen MR) is 70.8 cm³/mol. The van der Waals surface area contributed by atoms with Crippen molar-refractivity contribution in [2.75, 3.05) is 0 Å². The van der Waals surface area contributed by atoms with E-state index in [0.717, 1.165) is 9.35 Å². The van der Waals surface area contributed by atoms with Crippen LogP contribution in [0, 0.1) is 0 Å². The van der Waals surface area contributed by atoms with Crippen LogP contribution >= 0.6 is 27.3 Å². The van der Waals surface area contributed by atoms with Crippen molar-refractivity contribution in [3.63, 3.8) is 0 Å².